The molecule has 208 valence electrons. The summed E-state index contributed by atoms with van der Waals surface area (Å²) in [6.45, 7) is 6.13. The molecule has 2 N–H and O–H groups in total. The van der Waals surface area contributed by atoms with Crippen molar-refractivity contribution < 1.29 is 26.7 Å². The molecule has 13 heteroatoms. The molecule has 2 aromatic rings. The SMILES string of the molecule is COCCS(=O)(=O)Nc1ccc(C(=O)Nc2cccn(C3CC(F)(F)C3)c2=O)c(N2CC[Si](C)(C)CC2)c1. The molecule has 1 aliphatic carbocycles. The average molecular weight is 569 g/mol. The summed E-state index contributed by atoms with van der Waals surface area (Å²) in [6.07, 6.45) is 0.628. The standard InChI is InChI=1S/C25H34F2N4O5SSi/c1-36-11-12-37(34,35)29-18-6-7-20(22(15-18)30-9-13-38(2,3)14-10-30)23(32)28-21-5-4-8-31(24(21)33)19-16-25(26,27)17-19/h4-8,15,19,29H,9-14,16-17H2,1-3H3,(H,28,32). The van der Waals surface area contributed by atoms with Crippen LogP contribution in [0.3, 0.4) is 0 Å². The summed E-state index contributed by atoms with van der Waals surface area (Å²) >= 11 is 0. The fraction of sp³-hybridized carbons (Fsp3) is 0.520. The van der Waals surface area contributed by atoms with Crippen molar-refractivity contribution in [3.05, 3.63) is 52.4 Å². The van der Waals surface area contributed by atoms with Crippen molar-refractivity contribution in [1.29, 1.82) is 0 Å². The number of carbonyl (C=O) groups is 1. The Morgan fingerprint density at radius 3 is 2.50 bits per heavy atom. The molecule has 1 aliphatic heterocycles. The van der Waals surface area contributed by atoms with E-state index in [2.05, 4.69) is 28.0 Å². The molecule has 9 nitrogen and oxygen atoms in total. The molecular weight excluding hydrogens is 534 g/mol. The zero-order valence-electron chi connectivity index (χ0n) is 21.8. The van der Waals surface area contributed by atoms with Gasteiger partial charge in [0.15, 0.2) is 0 Å². The number of pyridine rings is 1. The van der Waals surface area contributed by atoms with Crippen molar-refractivity contribution >= 4 is 41.1 Å². The second-order valence-electron chi connectivity index (χ2n) is 10.8. The number of nitrogens with one attached hydrogen (secondary N) is 2. The van der Waals surface area contributed by atoms with Crippen LogP contribution in [0.25, 0.3) is 0 Å². The number of aromatic nitrogens is 1. The highest BCUT2D eigenvalue weighted by atomic mass is 32.2. The molecule has 1 aromatic heterocycles. The lowest BCUT2D eigenvalue weighted by Crippen LogP contribution is -2.43. The molecule has 4 rings (SSSR count). The predicted octanol–water partition coefficient (Wildman–Crippen LogP) is 3.99. The average Bonchev–Trinajstić information content (AvgIpc) is 2.82. The van der Waals surface area contributed by atoms with Crippen LogP contribution in [0, 0.1) is 0 Å². The molecule has 0 bridgehead atoms. The molecule has 1 saturated carbocycles. The summed E-state index contributed by atoms with van der Waals surface area (Å²) in [5.74, 6) is -3.53. The third-order valence-corrected chi connectivity index (χ3v) is 11.6. The van der Waals surface area contributed by atoms with Crippen LogP contribution in [0.1, 0.15) is 29.2 Å². The van der Waals surface area contributed by atoms with Gasteiger partial charge in [-0.15, -0.1) is 0 Å². The topological polar surface area (TPSA) is 110 Å². The fourth-order valence-electron chi connectivity index (χ4n) is 4.73. The number of sulfonamides is 1. The van der Waals surface area contributed by atoms with Gasteiger partial charge >= 0.3 is 0 Å². The molecule has 0 spiro atoms. The van der Waals surface area contributed by atoms with E-state index >= 15 is 0 Å². The van der Waals surface area contributed by atoms with Gasteiger partial charge < -0.3 is 19.5 Å². The predicted molar refractivity (Wildman–Crippen MR) is 147 cm³/mol. The number of alkyl halides is 2. The van der Waals surface area contributed by atoms with E-state index in [1.807, 2.05) is 0 Å². The first kappa shape index (κ1) is 28.2. The number of hydrogen-bond acceptors (Lipinski definition) is 6. The Morgan fingerprint density at radius 1 is 1.18 bits per heavy atom. The Labute approximate surface area is 222 Å². The van der Waals surface area contributed by atoms with Gasteiger partial charge in [-0.25, -0.2) is 17.2 Å². The summed E-state index contributed by atoms with van der Waals surface area (Å²) in [4.78, 5) is 28.4. The van der Waals surface area contributed by atoms with Crippen LogP contribution in [0.5, 0.6) is 0 Å². The molecule has 2 heterocycles. The molecule has 1 aromatic carbocycles. The number of amides is 1. The van der Waals surface area contributed by atoms with E-state index in [4.69, 9.17) is 4.74 Å². The monoisotopic (exact) mass is 568 g/mol. The van der Waals surface area contributed by atoms with Gasteiger partial charge in [0, 0.05) is 45.3 Å². The number of hydrogen-bond donors (Lipinski definition) is 2. The summed E-state index contributed by atoms with van der Waals surface area (Å²) in [5.41, 5.74) is 0.624. The van der Waals surface area contributed by atoms with Gasteiger partial charge in [0.05, 0.1) is 37.4 Å². The number of benzene rings is 1. The maximum atomic E-state index is 13.4. The third-order valence-electron chi connectivity index (χ3n) is 7.21. The first-order chi connectivity index (χ1) is 17.8. The Kier molecular flexibility index (Phi) is 8.01. The molecule has 0 atom stereocenters. The van der Waals surface area contributed by atoms with E-state index in [-0.39, 0.29) is 23.6 Å². The van der Waals surface area contributed by atoms with Crippen molar-refractivity contribution in [2.45, 2.75) is 50.0 Å². The lowest BCUT2D eigenvalue weighted by molar-refractivity contribution is -0.104. The van der Waals surface area contributed by atoms with Crippen molar-refractivity contribution in [1.82, 2.24) is 4.57 Å². The van der Waals surface area contributed by atoms with E-state index in [9.17, 15) is 26.8 Å². The van der Waals surface area contributed by atoms with E-state index < -0.39 is 54.4 Å². The first-order valence-electron chi connectivity index (χ1n) is 12.6. The highest BCUT2D eigenvalue weighted by molar-refractivity contribution is 7.92. The largest absolute Gasteiger partial charge is 0.384 e. The van der Waals surface area contributed by atoms with Crippen LogP contribution in [-0.4, -0.2) is 65.4 Å². The summed E-state index contributed by atoms with van der Waals surface area (Å²) < 4.78 is 60.2. The normalized spacial score (nSPS) is 19.0. The van der Waals surface area contributed by atoms with Crippen LogP contribution in [0.2, 0.25) is 25.2 Å². The number of halogens is 2. The lowest BCUT2D eigenvalue weighted by atomic mass is 9.88. The number of nitrogens with zero attached hydrogens (tertiary/aromatic N) is 2. The molecule has 2 aliphatic rings. The van der Waals surface area contributed by atoms with E-state index in [1.54, 1.807) is 12.1 Å². The molecule has 0 unspecified atom stereocenters. The van der Waals surface area contributed by atoms with E-state index in [1.165, 1.54) is 36.1 Å². The quantitative estimate of drug-likeness (QED) is 0.443. The first-order valence-corrected chi connectivity index (χ1v) is 17.6. The number of anilines is 3. The lowest BCUT2D eigenvalue weighted by Gasteiger charge is -2.38. The van der Waals surface area contributed by atoms with Crippen molar-refractivity contribution in [2.75, 3.05) is 47.5 Å². The Bertz CT molecular complexity index is 1350. The maximum absolute atomic E-state index is 13.4. The molecule has 1 amide bonds. The fourth-order valence-corrected chi connectivity index (χ4v) is 7.71. The highest BCUT2D eigenvalue weighted by Gasteiger charge is 2.46. The van der Waals surface area contributed by atoms with Gasteiger partial charge in [0.25, 0.3) is 17.4 Å². The number of ether oxygens (including phenoxy) is 1. The molecular formula is C25H34F2N4O5SSi. The van der Waals surface area contributed by atoms with Crippen molar-refractivity contribution in [2.24, 2.45) is 0 Å². The van der Waals surface area contributed by atoms with Gasteiger partial charge in [-0.1, -0.05) is 13.1 Å². The van der Waals surface area contributed by atoms with Gasteiger partial charge in [0.1, 0.15) is 5.69 Å². The van der Waals surface area contributed by atoms with Crippen molar-refractivity contribution in [3.63, 3.8) is 0 Å². The van der Waals surface area contributed by atoms with Crippen molar-refractivity contribution in [3.8, 4) is 0 Å². The van der Waals surface area contributed by atoms with Gasteiger partial charge in [0.2, 0.25) is 10.0 Å². The smallest absolute Gasteiger partial charge is 0.274 e. The molecule has 38 heavy (non-hydrogen) atoms. The van der Waals surface area contributed by atoms with Crippen LogP contribution in [0.15, 0.2) is 41.3 Å². The zero-order valence-corrected chi connectivity index (χ0v) is 23.6. The minimum Gasteiger partial charge on any atom is -0.384 e. The van der Waals surface area contributed by atoms with Gasteiger partial charge in [-0.3, -0.25) is 14.3 Å². The van der Waals surface area contributed by atoms with Crippen LogP contribution < -0.4 is 20.5 Å². The van der Waals surface area contributed by atoms with Crippen LogP contribution in [-0.2, 0) is 14.8 Å². The molecule has 1 saturated heterocycles. The Balaban J connectivity index is 1.61. The Hall–Kier alpha value is -2.77. The molecule has 2 fully saturated rings. The van der Waals surface area contributed by atoms with Gasteiger partial charge in [-0.05, 0) is 42.4 Å². The second kappa shape index (κ2) is 10.8. The zero-order chi connectivity index (χ0) is 27.7. The summed E-state index contributed by atoms with van der Waals surface area (Å²) in [5, 5.41) is 2.65. The number of methoxy groups -OCH3 is 1. The van der Waals surface area contributed by atoms with E-state index in [0.717, 1.165) is 25.2 Å². The summed E-state index contributed by atoms with van der Waals surface area (Å²) in [6, 6.07) is 9.09. The number of rotatable bonds is 9. The minimum absolute atomic E-state index is 0.00445. The summed E-state index contributed by atoms with van der Waals surface area (Å²) in [7, 11) is -3.57. The maximum Gasteiger partial charge on any atom is 0.274 e. The second-order valence-corrected chi connectivity index (χ2v) is 18.0. The molecule has 0 radical (unpaired) electrons. The third kappa shape index (κ3) is 6.61. The van der Waals surface area contributed by atoms with E-state index in [0.29, 0.717) is 11.4 Å². The number of carbonyl (C=O) groups excluding carboxylic acids is 1. The van der Waals surface area contributed by atoms with Crippen LogP contribution in [0.4, 0.5) is 25.8 Å². The van der Waals surface area contributed by atoms with Crippen LogP contribution >= 0.6 is 0 Å². The van der Waals surface area contributed by atoms with Gasteiger partial charge in [-0.2, -0.15) is 0 Å². The minimum atomic E-state index is -3.65. The Morgan fingerprint density at radius 2 is 1.87 bits per heavy atom. The highest BCUT2D eigenvalue weighted by Crippen LogP contribution is 2.44.